The molecule has 1 aromatic carbocycles. The maximum atomic E-state index is 12.3. The fourth-order valence-electron chi connectivity index (χ4n) is 2.21. The highest BCUT2D eigenvalue weighted by atomic mass is 32.2. The molecule has 0 unspecified atom stereocenters. The molecular formula is C14H19NO5S. The summed E-state index contributed by atoms with van der Waals surface area (Å²) in [7, 11) is -3.87. The Labute approximate surface area is 124 Å². The van der Waals surface area contributed by atoms with E-state index >= 15 is 0 Å². The molecule has 116 valence electrons. The molecule has 1 aromatic rings. The molecule has 0 saturated carbocycles. The molecule has 2 rings (SSSR count). The summed E-state index contributed by atoms with van der Waals surface area (Å²) in [6.07, 6.45) is 1.60. The summed E-state index contributed by atoms with van der Waals surface area (Å²) in [6, 6.07) is 3.46. The van der Waals surface area contributed by atoms with Crippen LogP contribution >= 0.6 is 0 Å². The number of nitrogens with one attached hydrogen (secondary N) is 1. The lowest BCUT2D eigenvalue weighted by molar-refractivity contribution is -0.140. The van der Waals surface area contributed by atoms with Gasteiger partial charge in [-0.1, -0.05) is 13.8 Å². The third-order valence-corrected chi connectivity index (χ3v) is 4.84. The minimum atomic E-state index is -3.87. The van der Waals surface area contributed by atoms with Crippen molar-refractivity contribution in [2.75, 3.05) is 6.61 Å². The lowest BCUT2D eigenvalue weighted by atomic mass is 10.1. The predicted molar refractivity (Wildman–Crippen MR) is 76.8 cm³/mol. The Morgan fingerprint density at radius 3 is 2.71 bits per heavy atom. The number of carbonyl (C=O) groups is 1. The number of fused-ring (bicyclic) bond motifs is 1. The van der Waals surface area contributed by atoms with Crippen LogP contribution in [0.15, 0.2) is 23.1 Å². The second kappa shape index (κ2) is 6.03. The van der Waals surface area contributed by atoms with E-state index in [-0.39, 0.29) is 10.8 Å². The molecule has 0 spiro atoms. The van der Waals surface area contributed by atoms with Gasteiger partial charge in [0.15, 0.2) is 0 Å². The monoisotopic (exact) mass is 313 g/mol. The van der Waals surface area contributed by atoms with Gasteiger partial charge in [-0.2, -0.15) is 4.72 Å². The van der Waals surface area contributed by atoms with Crippen LogP contribution in [0.1, 0.15) is 25.8 Å². The molecule has 1 atom stereocenters. The molecule has 0 amide bonds. The molecule has 1 heterocycles. The number of hydrogen-bond donors (Lipinski definition) is 2. The molecule has 0 aliphatic carbocycles. The summed E-state index contributed by atoms with van der Waals surface area (Å²) in [5, 5.41) is 9.10. The smallest absolute Gasteiger partial charge is 0.322 e. The van der Waals surface area contributed by atoms with E-state index in [0.717, 1.165) is 18.4 Å². The normalized spacial score (nSPS) is 16.1. The first kappa shape index (κ1) is 15.8. The van der Waals surface area contributed by atoms with Crippen molar-refractivity contribution >= 4 is 16.0 Å². The van der Waals surface area contributed by atoms with Crippen molar-refractivity contribution in [1.29, 1.82) is 0 Å². The zero-order valence-electron chi connectivity index (χ0n) is 12.0. The number of rotatable bonds is 5. The SMILES string of the molecule is CC(C)[C@H](NS(=O)(=O)c1ccc2c(c1)CCCO2)C(=O)O. The van der Waals surface area contributed by atoms with Crippen LogP contribution in [-0.2, 0) is 21.2 Å². The lowest BCUT2D eigenvalue weighted by Crippen LogP contribution is -2.44. The quantitative estimate of drug-likeness (QED) is 0.857. The Kier molecular flexibility index (Phi) is 4.53. The molecule has 2 N–H and O–H groups in total. The van der Waals surface area contributed by atoms with E-state index in [1.807, 2.05) is 0 Å². The van der Waals surface area contributed by atoms with Gasteiger partial charge in [0.25, 0.3) is 0 Å². The molecule has 7 heteroatoms. The standard InChI is InChI=1S/C14H19NO5S/c1-9(2)13(14(16)17)15-21(18,19)11-5-6-12-10(8-11)4-3-7-20-12/h5-6,8-9,13,15H,3-4,7H2,1-2H3,(H,16,17)/t13-/m0/s1. The van der Waals surface area contributed by atoms with Crippen LogP contribution in [0.3, 0.4) is 0 Å². The highest BCUT2D eigenvalue weighted by molar-refractivity contribution is 7.89. The summed E-state index contributed by atoms with van der Waals surface area (Å²) in [5.41, 5.74) is 0.834. The Balaban J connectivity index is 2.29. The second-order valence-electron chi connectivity index (χ2n) is 5.40. The summed E-state index contributed by atoms with van der Waals surface area (Å²) in [4.78, 5) is 11.2. The third kappa shape index (κ3) is 3.54. The first-order valence-corrected chi connectivity index (χ1v) is 8.30. The molecule has 1 aliphatic rings. The minimum absolute atomic E-state index is 0.0682. The zero-order chi connectivity index (χ0) is 15.6. The van der Waals surface area contributed by atoms with Gasteiger partial charge in [0.05, 0.1) is 11.5 Å². The average molecular weight is 313 g/mol. The number of carboxylic acids is 1. The second-order valence-corrected chi connectivity index (χ2v) is 7.12. The van der Waals surface area contributed by atoms with Gasteiger partial charge in [-0.05, 0) is 42.5 Å². The van der Waals surface area contributed by atoms with E-state index in [1.54, 1.807) is 26.0 Å². The number of benzene rings is 1. The average Bonchev–Trinajstić information content (AvgIpc) is 2.43. The molecule has 0 fully saturated rings. The number of hydrogen-bond acceptors (Lipinski definition) is 4. The van der Waals surface area contributed by atoms with Crippen LogP contribution in [-0.4, -0.2) is 32.1 Å². The predicted octanol–water partition coefficient (Wildman–Crippen LogP) is 1.40. The number of ether oxygens (including phenoxy) is 1. The van der Waals surface area contributed by atoms with E-state index in [9.17, 15) is 13.2 Å². The van der Waals surface area contributed by atoms with Crippen LogP contribution in [0.4, 0.5) is 0 Å². The summed E-state index contributed by atoms with van der Waals surface area (Å²) >= 11 is 0. The number of aryl methyl sites for hydroxylation is 1. The molecule has 0 radical (unpaired) electrons. The van der Waals surface area contributed by atoms with Gasteiger partial charge < -0.3 is 9.84 Å². The molecule has 0 bridgehead atoms. The highest BCUT2D eigenvalue weighted by Crippen LogP contribution is 2.27. The third-order valence-electron chi connectivity index (χ3n) is 3.41. The largest absolute Gasteiger partial charge is 0.493 e. The summed E-state index contributed by atoms with van der Waals surface area (Å²) < 4.78 is 32.3. The maximum absolute atomic E-state index is 12.3. The summed E-state index contributed by atoms with van der Waals surface area (Å²) in [6.45, 7) is 3.94. The van der Waals surface area contributed by atoms with Crippen molar-refractivity contribution in [2.24, 2.45) is 5.92 Å². The van der Waals surface area contributed by atoms with E-state index in [4.69, 9.17) is 9.84 Å². The van der Waals surface area contributed by atoms with Crippen LogP contribution < -0.4 is 9.46 Å². The fraction of sp³-hybridized carbons (Fsp3) is 0.500. The maximum Gasteiger partial charge on any atom is 0.322 e. The number of carboxylic acid groups (broad SMARTS) is 1. The van der Waals surface area contributed by atoms with Gasteiger partial charge in [0, 0.05) is 0 Å². The van der Waals surface area contributed by atoms with Crippen LogP contribution in [0.5, 0.6) is 5.75 Å². The Hall–Kier alpha value is -1.60. The molecule has 0 saturated heterocycles. The van der Waals surface area contributed by atoms with E-state index in [1.165, 1.54) is 6.07 Å². The number of aliphatic carboxylic acids is 1. The first-order chi connectivity index (χ1) is 9.81. The van der Waals surface area contributed by atoms with Crippen molar-refractivity contribution < 1.29 is 23.1 Å². The lowest BCUT2D eigenvalue weighted by Gasteiger charge is -2.20. The van der Waals surface area contributed by atoms with Gasteiger partial charge >= 0.3 is 5.97 Å². The molecule has 6 nitrogen and oxygen atoms in total. The van der Waals surface area contributed by atoms with Gasteiger partial charge in [-0.3, -0.25) is 4.79 Å². The van der Waals surface area contributed by atoms with Crippen LogP contribution in [0.25, 0.3) is 0 Å². The number of sulfonamides is 1. The Morgan fingerprint density at radius 1 is 1.38 bits per heavy atom. The fourth-order valence-corrected chi connectivity index (χ4v) is 3.60. The van der Waals surface area contributed by atoms with Gasteiger partial charge in [-0.15, -0.1) is 0 Å². The molecule has 1 aliphatic heterocycles. The zero-order valence-corrected chi connectivity index (χ0v) is 12.8. The highest BCUT2D eigenvalue weighted by Gasteiger charge is 2.28. The van der Waals surface area contributed by atoms with Crippen molar-refractivity contribution in [3.05, 3.63) is 23.8 Å². The Bertz CT molecular complexity index is 639. The Morgan fingerprint density at radius 2 is 2.10 bits per heavy atom. The van der Waals surface area contributed by atoms with Crippen molar-refractivity contribution in [3.63, 3.8) is 0 Å². The van der Waals surface area contributed by atoms with Crippen LogP contribution in [0, 0.1) is 5.92 Å². The van der Waals surface area contributed by atoms with Crippen molar-refractivity contribution in [3.8, 4) is 5.75 Å². The first-order valence-electron chi connectivity index (χ1n) is 6.82. The minimum Gasteiger partial charge on any atom is -0.493 e. The van der Waals surface area contributed by atoms with Gasteiger partial charge in [-0.25, -0.2) is 8.42 Å². The van der Waals surface area contributed by atoms with Crippen molar-refractivity contribution in [1.82, 2.24) is 4.72 Å². The van der Waals surface area contributed by atoms with E-state index < -0.39 is 22.0 Å². The van der Waals surface area contributed by atoms with E-state index in [0.29, 0.717) is 12.4 Å². The van der Waals surface area contributed by atoms with Gasteiger partial charge in [0.1, 0.15) is 11.8 Å². The van der Waals surface area contributed by atoms with E-state index in [2.05, 4.69) is 4.72 Å². The topological polar surface area (TPSA) is 92.7 Å². The van der Waals surface area contributed by atoms with Crippen LogP contribution in [0.2, 0.25) is 0 Å². The summed E-state index contributed by atoms with van der Waals surface area (Å²) in [5.74, 6) is -0.841. The molecular weight excluding hydrogens is 294 g/mol. The van der Waals surface area contributed by atoms with Gasteiger partial charge in [0.2, 0.25) is 10.0 Å². The molecule has 0 aromatic heterocycles. The van der Waals surface area contributed by atoms with Crippen molar-refractivity contribution in [2.45, 2.75) is 37.6 Å². The molecule has 21 heavy (non-hydrogen) atoms.